The van der Waals surface area contributed by atoms with Crippen molar-refractivity contribution in [1.29, 1.82) is 0 Å². The van der Waals surface area contributed by atoms with Crippen LogP contribution in [0.25, 0.3) is 0 Å². The van der Waals surface area contributed by atoms with E-state index in [1.807, 2.05) is 19.9 Å². The number of nitrogens with one attached hydrogen (secondary N) is 2. The van der Waals surface area contributed by atoms with Gasteiger partial charge in [-0.05, 0) is 39.8 Å². The van der Waals surface area contributed by atoms with Crippen LogP contribution in [0.5, 0.6) is 0 Å². The zero-order chi connectivity index (χ0) is 20.1. The molecule has 0 radical (unpaired) electrons. The van der Waals surface area contributed by atoms with Crippen molar-refractivity contribution in [2.45, 2.75) is 70.1 Å². The van der Waals surface area contributed by atoms with Gasteiger partial charge < -0.3 is 9.64 Å². The fourth-order valence-corrected chi connectivity index (χ4v) is 4.19. The Labute approximate surface area is 169 Å². The van der Waals surface area contributed by atoms with Crippen molar-refractivity contribution in [3.8, 4) is 0 Å². The summed E-state index contributed by atoms with van der Waals surface area (Å²) in [5.74, 6) is 0. The number of rotatable bonds is 8. The summed E-state index contributed by atoms with van der Waals surface area (Å²) in [6, 6.07) is 0.324. The minimum absolute atomic E-state index is 0.0550. The highest BCUT2D eigenvalue weighted by Crippen LogP contribution is 2.34. The van der Waals surface area contributed by atoms with Gasteiger partial charge in [-0.25, -0.2) is 4.39 Å². The van der Waals surface area contributed by atoms with E-state index < -0.39 is 6.17 Å². The van der Waals surface area contributed by atoms with E-state index in [4.69, 9.17) is 9.73 Å². The normalized spacial score (nSPS) is 33.9. The summed E-state index contributed by atoms with van der Waals surface area (Å²) in [6.07, 6.45) is 5.86. The van der Waals surface area contributed by atoms with Crippen molar-refractivity contribution in [1.82, 2.24) is 20.4 Å². The molecule has 3 aliphatic rings. The fourth-order valence-electron chi connectivity index (χ4n) is 4.19. The molecule has 3 aliphatic heterocycles. The van der Waals surface area contributed by atoms with Crippen LogP contribution in [0.3, 0.4) is 0 Å². The number of likely N-dealkylation sites (N-methyl/N-ethyl adjacent to an activating group) is 1. The van der Waals surface area contributed by atoms with Gasteiger partial charge in [-0.3, -0.25) is 20.5 Å². The second kappa shape index (κ2) is 9.76. The molecule has 160 valence electrons. The van der Waals surface area contributed by atoms with E-state index in [2.05, 4.69) is 34.4 Å². The standard InChI is InChI=1S/C21H38FN5O/c1-5-21(7-6-17(22)14-28-16(2)3)13-19(25-21)18-12-20(24-15-23-18)27-10-8-26(4)9-11-27/h6-7,16-18,20,23-24H,5,8-15H2,1-4H3. The summed E-state index contributed by atoms with van der Waals surface area (Å²) in [6.45, 7) is 11.4. The molecule has 4 atom stereocenters. The van der Waals surface area contributed by atoms with Crippen LogP contribution >= 0.6 is 0 Å². The molecule has 2 N–H and O–H groups in total. The van der Waals surface area contributed by atoms with Crippen LogP contribution < -0.4 is 10.6 Å². The lowest BCUT2D eigenvalue weighted by Gasteiger charge is -2.45. The van der Waals surface area contributed by atoms with E-state index in [9.17, 15) is 4.39 Å². The van der Waals surface area contributed by atoms with Gasteiger partial charge in [-0.2, -0.15) is 0 Å². The first-order chi connectivity index (χ1) is 13.4. The summed E-state index contributed by atoms with van der Waals surface area (Å²) in [4.78, 5) is 9.90. The monoisotopic (exact) mass is 395 g/mol. The third-order valence-electron chi connectivity index (χ3n) is 6.20. The molecule has 0 bridgehead atoms. The number of hydrogen-bond donors (Lipinski definition) is 2. The number of halogens is 1. The van der Waals surface area contributed by atoms with Crippen LogP contribution in [0.15, 0.2) is 17.1 Å². The highest BCUT2D eigenvalue weighted by molar-refractivity contribution is 5.96. The Hall–Kier alpha value is -0.860. The van der Waals surface area contributed by atoms with Gasteiger partial charge in [0, 0.05) is 51.0 Å². The Balaban J connectivity index is 1.53. The number of nitrogens with zero attached hydrogens (tertiary/aromatic N) is 3. The first-order valence-electron chi connectivity index (χ1n) is 10.8. The first kappa shape index (κ1) is 21.8. The lowest BCUT2D eigenvalue weighted by atomic mass is 9.80. The summed E-state index contributed by atoms with van der Waals surface area (Å²) in [5.41, 5.74) is 1.01. The topological polar surface area (TPSA) is 52.1 Å². The molecular formula is C21H38FN5O. The zero-order valence-corrected chi connectivity index (χ0v) is 18.0. The van der Waals surface area contributed by atoms with Crippen molar-refractivity contribution in [2.24, 2.45) is 4.99 Å². The molecule has 0 aromatic rings. The van der Waals surface area contributed by atoms with Crippen molar-refractivity contribution in [3.63, 3.8) is 0 Å². The average Bonchev–Trinajstić information content (AvgIpc) is 2.66. The first-order valence-corrected chi connectivity index (χ1v) is 10.8. The molecule has 3 heterocycles. The number of piperazine rings is 1. The average molecular weight is 396 g/mol. The van der Waals surface area contributed by atoms with Crippen molar-refractivity contribution in [3.05, 3.63) is 12.2 Å². The lowest BCUT2D eigenvalue weighted by molar-refractivity contribution is 0.0507. The van der Waals surface area contributed by atoms with E-state index in [0.717, 1.165) is 52.1 Å². The molecule has 7 heteroatoms. The SMILES string of the molecule is CCC1(C=CC(F)COC(C)C)CC(C2CC(N3CCN(C)CC3)NCN2)=N1. The second-order valence-corrected chi connectivity index (χ2v) is 8.72. The quantitative estimate of drug-likeness (QED) is 0.614. The van der Waals surface area contributed by atoms with Gasteiger partial charge in [0.05, 0.1) is 24.4 Å². The Kier molecular flexibility index (Phi) is 7.61. The molecule has 4 unspecified atom stereocenters. The number of aliphatic imine (C=N–C) groups is 1. The number of hydrogen-bond acceptors (Lipinski definition) is 6. The molecule has 6 nitrogen and oxygen atoms in total. The van der Waals surface area contributed by atoms with E-state index in [0.29, 0.717) is 12.2 Å². The summed E-state index contributed by atoms with van der Waals surface area (Å²) in [7, 11) is 2.19. The summed E-state index contributed by atoms with van der Waals surface area (Å²) in [5, 5.41) is 7.16. The number of ether oxygens (including phenoxy) is 1. The predicted octanol–water partition coefficient (Wildman–Crippen LogP) is 1.78. The van der Waals surface area contributed by atoms with E-state index in [1.54, 1.807) is 6.08 Å². The molecule has 2 fully saturated rings. The van der Waals surface area contributed by atoms with Gasteiger partial charge in [0.2, 0.25) is 0 Å². The molecule has 28 heavy (non-hydrogen) atoms. The van der Waals surface area contributed by atoms with Crippen molar-refractivity contribution in [2.75, 3.05) is 46.5 Å². The Morgan fingerprint density at radius 1 is 1.29 bits per heavy atom. The minimum atomic E-state index is -1.07. The molecule has 0 aromatic heterocycles. The van der Waals surface area contributed by atoms with Crippen molar-refractivity contribution >= 4 is 5.71 Å². The largest absolute Gasteiger partial charge is 0.375 e. The maximum Gasteiger partial charge on any atom is 0.142 e. The van der Waals surface area contributed by atoms with Crippen LogP contribution in [0.1, 0.15) is 40.0 Å². The summed E-state index contributed by atoms with van der Waals surface area (Å²) >= 11 is 0. The van der Waals surface area contributed by atoms with E-state index in [-0.39, 0.29) is 18.2 Å². The van der Waals surface area contributed by atoms with Crippen LogP contribution in [0.4, 0.5) is 4.39 Å². The highest BCUT2D eigenvalue weighted by Gasteiger charge is 2.40. The summed E-state index contributed by atoms with van der Waals surface area (Å²) < 4.78 is 19.4. The molecule has 0 aliphatic carbocycles. The fraction of sp³-hybridized carbons (Fsp3) is 0.857. The molecule has 3 rings (SSSR count). The van der Waals surface area contributed by atoms with Gasteiger partial charge in [-0.15, -0.1) is 0 Å². The zero-order valence-electron chi connectivity index (χ0n) is 18.0. The van der Waals surface area contributed by atoms with Crippen LogP contribution in [-0.4, -0.2) is 92.0 Å². The highest BCUT2D eigenvalue weighted by atomic mass is 19.1. The molecule has 0 spiro atoms. The van der Waals surface area contributed by atoms with Crippen LogP contribution in [0, 0.1) is 0 Å². The van der Waals surface area contributed by atoms with Crippen molar-refractivity contribution < 1.29 is 9.13 Å². The van der Waals surface area contributed by atoms with E-state index in [1.165, 1.54) is 5.71 Å². The van der Waals surface area contributed by atoms with Gasteiger partial charge in [0.25, 0.3) is 0 Å². The van der Waals surface area contributed by atoms with Crippen LogP contribution in [0.2, 0.25) is 0 Å². The molecule has 0 amide bonds. The molecule has 0 aromatic carbocycles. The van der Waals surface area contributed by atoms with Crippen LogP contribution in [-0.2, 0) is 4.74 Å². The Morgan fingerprint density at radius 3 is 2.64 bits per heavy atom. The molecule has 0 saturated carbocycles. The maximum absolute atomic E-state index is 14.0. The van der Waals surface area contributed by atoms with E-state index >= 15 is 0 Å². The third kappa shape index (κ3) is 5.60. The Bertz CT molecular complexity index is 561. The molecule has 2 saturated heterocycles. The minimum Gasteiger partial charge on any atom is -0.375 e. The molecular weight excluding hydrogens is 357 g/mol. The van der Waals surface area contributed by atoms with Gasteiger partial charge in [0.15, 0.2) is 0 Å². The third-order valence-corrected chi connectivity index (χ3v) is 6.20. The second-order valence-electron chi connectivity index (χ2n) is 8.72. The number of alkyl halides is 1. The van der Waals surface area contributed by atoms with Gasteiger partial charge >= 0.3 is 0 Å². The van der Waals surface area contributed by atoms with Gasteiger partial charge in [-0.1, -0.05) is 13.0 Å². The predicted molar refractivity (Wildman–Crippen MR) is 113 cm³/mol. The Morgan fingerprint density at radius 2 is 2.00 bits per heavy atom. The maximum atomic E-state index is 14.0. The lowest BCUT2D eigenvalue weighted by Crippen LogP contribution is -2.63. The van der Waals surface area contributed by atoms with Gasteiger partial charge in [0.1, 0.15) is 6.17 Å². The smallest absolute Gasteiger partial charge is 0.142 e.